The third-order valence-corrected chi connectivity index (χ3v) is 5.73. The van der Waals surface area contributed by atoms with E-state index in [1.54, 1.807) is 10.1 Å². The molecular weight excluding hydrogens is 454 g/mol. The van der Waals surface area contributed by atoms with E-state index in [9.17, 15) is 4.79 Å². The molecule has 3 N–H and O–H groups in total. The highest BCUT2D eigenvalue weighted by Gasteiger charge is 2.12. The lowest BCUT2D eigenvalue weighted by Crippen LogP contribution is -2.34. The molecule has 4 rings (SSSR count). The highest BCUT2D eigenvalue weighted by atomic mass is 79.9. The zero-order valence-corrected chi connectivity index (χ0v) is 18.3. The Labute approximate surface area is 179 Å². The van der Waals surface area contributed by atoms with Gasteiger partial charge in [0.05, 0.1) is 5.69 Å². The number of urea groups is 1. The number of aryl methyl sites for hydroxylation is 3. The minimum atomic E-state index is -0.432. The Morgan fingerprint density at radius 1 is 1.14 bits per heavy atom. The number of benzene rings is 1. The quantitative estimate of drug-likeness (QED) is 0.377. The van der Waals surface area contributed by atoms with Crippen LogP contribution in [0.4, 0.5) is 16.4 Å². The molecule has 0 saturated carbocycles. The second kappa shape index (κ2) is 7.80. The first-order chi connectivity index (χ1) is 13.9. The van der Waals surface area contributed by atoms with Crippen LogP contribution in [0.3, 0.4) is 0 Å². The van der Waals surface area contributed by atoms with Gasteiger partial charge < -0.3 is 0 Å². The van der Waals surface area contributed by atoms with Gasteiger partial charge in [-0.2, -0.15) is 5.10 Å². The van der Waals surface area contributed by atoms with Gasteiger partial charge in [-0.25, -0.2) is 20.2 Å². The van der Waals surface area contributed by atoms with Crippen molar-refractivity contribution in [1.29, 1.82) is 0 Å². The van der Waals surface area contributed by atoms with E-state index in [0.717, 1.165) is 37.3 Å². The predicted octanol–water partition coefficient (Wildman–Crippen LogP) is 4.62. The molecule has 0 bridgehead atoms. The number of aromatic nitrogens is 4. The van der Waals surface area contributed by atoms with Crippen molar-refractivity contribution < 1.29 is 4.79 Å². The summed E-state index contributed by atoms with van der Waals surface area (Å²) >= 11 is 4.88. The van der Waals surface area contributed by atoms with Crippen LogP contribution in [-0.2, 0) is 7.05 Å². The first kappa shape index (κ1) is 19.3. The molecule has 3 aromatic heterocycles. The number of hydrazine groups is 1. The molecule has 29 heavy (non-hydrogen) atoms. The van der Waals surface area contributed by atoms with Gasteiger partial charge in [0.15, 0.2) is 5.65 Å². The molecule has 0 fully saturated rings. The fourth-order valence-electron chi connectivity index (χ4n) is 3.05. The van der Waals surface area contributed by atoms with Crippen LogP contribution in [0.15, 0.2) is 40.2 Å². The van der Waals surface area contributed by atoms with Crippen LogP contribution in [0.5, 0.6) is 0 Å². The number of fused-ring (bicyclic) bond motifs is 1. The van der Waals surface area contributed by atoms with Crippen molar-refractivity contribution in [3.05, 3.63) is 51.4 Å². The lowest BCUT2D eigenvalue weighted by Gasteiger charge is -2.09. The van der Waals surface area contributed by atoms with Gasteiger partial charge in [0, 0.05) is 27.9 Å². The highest BCUT2D eigenvalue weighted by molar-refractivity contribution is 9.10. The van der Waals surface area contributed by atoms with Gasteiger partial charge in [0.25, 0.3) is 0 Å². The first-order valence-corrected chi connectivity index (χ1v) is 10.4. The van der Waals surface area contributed by atoms with Gasteiger partial charge in [-0.1, -0.05) is 28.1 Å². The summed E-state index contributed by atoms with van der Waals surface area (Å²) in [4.78, 5) is 21.2. The molecule has 0 unspecified atom stereocenters. The van der Waals surface area contributed by atoms with Gasteiger partial charge in [-0.15, -0.1) is 11.3 Å². The Balaban J connectivity index is 1.41. The van der Waals surface area contributed by atoms with Crippen molar-refractivity contribution in [1.82, 2.24) is 25.2 Å². The van der Waals surface area contributed by atoms with Gasteiger partial charge in [0.2, 0.25) is 0 Å². The molecule has 0 aliphatic heterocycles. The molecule has 0 radical (unpaired) electrons. The molecule has 2 amide bonds. The molecule has 0 aliphatic carbocycles. The Morgan fingerprint density at radius 3 is 2.66 bits per heavy atom. The summed E-state index contributed by atoms with van der Waals surface area (Å²) in [5.74, 6) is 1.01. The number of carbonyl (C=O) groups excluding carboxylic acids is 1. The summed E-state index contributed by atoms with van der Waals surface area (Å²) < 4.78 is 2.73. The number of thiazole rings is 1. The SMILES string of the molecule is Cc1cc(NNC(=O)Nc2csc(-c3ccc(Br)cc3)n2)nc2c1c(C)nn2C. The maximum Gasteiger partial charge on any atom is 0.339 e. The van der Waals surface area contributed by atoms with Crippen LogP contribution >= 0.6 is 27.3 Å². The topological polar surface area (TPSA) is 96.8 Å². The van der Waals surface area contributed by atoms with E-state index >= 15 is 0 Å². The summed E-state index contributed by atoms with van der Waals surface area (Å²) in [7, 11) is 1.84. The molecule has 10 heteroatoms. The fraction of sp³-hybridized carbons (Fsp3) is 0.158. The van der Waals surface area contributed by atoms with Crippen molar-refractivity contribution in [3.8, 4) is 10.6 Å². The van der Waals surface area contributed by atoms with Gasteiger partial charge >= 0.3 is 6.03 Å². The molecule has 0 aliphatic rings. The van der Waals surface area contributed by atoms with Crippen molar-refractivity contribution in [2.45, 2.75) is 13.8 Å². The predicted molar refractivity (Wildman–Crippen MR) is 119 cm³/mol. The molecule has 8 nitrogen and oxygen atoms in total. The number of anilines is 2. The molecule has 148 valence electrons. The second-order valence-corrected chi connectivity index (χ2v) is 8.25. The third-order valence-electron chi connectivity index (χ3n) is 4.31. The van der Waals surface area contributed by atoms with Gasteiger partial charge in [0.1, 0.15) is 16.6 Å². The molecule has 0 spiro atoms. The van der Waals surface area contributed by atoms with Gasteiger partial charge in [-0.3, -0.25) is 15.4 Å². The van der Waals surface area contributed by atoms with E-state index in [2.05, 4.69) is 47.2 Å². The monoisotopic (exact) mass is 471 g/mol. The van der Waals surface area contributed by atoms with Crippen molar-refractivity contribution in [3.63, 3.8) is 0 Å². The Bertz CT molecular complexity index is 1200. The number of carbonyl (C=O) groups is 1. The lowest BCUT2D eigenvalue weighted by atomic mass is 10.1. The first-order valence-electron chi connectivity index (χ1n) is 8.76. The summed E-state index contributed by atoms with van der Waals surface area (Å²) in [6.07, 6.45) is 0. The summed E-state index contributed by atoms with van der Waals surface area (Å²) in [5, 5.41) is 10.7. The van der Waals surface area contributed by atoms with E-state index in [4.69, 9.17) is 0 Å². The summed E-state index contributed by atoms with van der Waals surface area (Å²) in [6, 6.07) is 9.29. The minimum absolute atomic E-state index is 0.432. The van der Waals surface area contributed by atoms with Gasteiger partial charge in [-0.05, 0) is 37.6 Å². The van der Waals surface area contributed by atoms with Crippen LogP contribution in [0.2, 0.25) is 0 Å². The van der Waals surface area contributed by atoms with Crippen LogP contribution < -0.4 is 16.2 Å². The Kier molecular flexibility index (Phi) is 5.20. The van der Waals surface area contributed by atoms with Crippen LogP contribution in [-0.4, -0.2) is 25.8 Å². The van der Waals surface area contributed by atoms with Crippen molar-refractivity contribution in [2.24, 2.45) is 7.05 Å². The number of hydrogen-bond acceptors (Lipinski definition) is 6. The van der Waals surface area contributed by atoms with Crippen LogP contribution in [0, 0.1) is 13.8 Å². The zero-order valence-electron chi connectivity index (χ0n) is 15.9. The molecule has 3 heterocycles. The number of halogens is 1. The molecule has 0 saturated heterocycles. The Hall–Kier alpha value is -2.98. The number of hydrogen-bond donors (Lipinski definition) is 3. The fourth-order valence-corrected chi connectivity index (χ4v) is 4.07. The van der Waals surface area contributed by atoms with Crippen molar-refractivity contribution in [2.75, 3.05) is 10.7 Å². The average molecular weight is 472 g/mol. The number of nitrogens with zero attached hydrogens (tertiary/aromatic N) is 4. The van der Waals surface area contributed by atoms with E-state index in [1.807, 2.05) is 51.2 Å². The molecule has 1 aromatic carbocycles. The van der Waals surface area contributed by atoms with Crippen LogP contribution in [0.1, 0.15) is 11.3 Å². The zero-order chi connectivity index (χ0) is 20.5. The standard InChI is InChI=1S/C19H18BrN7OS/c1-10-8-14(21-17-16(10)11(2)26-27(17)3)24-25-19(28)23-15-9-29-18(22-15)12-4-6-13(20)7-5-12/h4-9H,1-3H3,(H,21,24)(H2,23,25,28). The van der Waals surface area contributed by atoms with Crippen molar-refractivity contribution >= 4 is 56.0 Å². The third kappa shape index (κ3) is 4.08. The summed E-state index contributed by atoms with van der Waals surface area (Å²) in [6.45, 7) is 3.94. The lowest BCUT2D eigenvalue weighted by molar-refractivity contribution is 0.253. The maximum absolute atomic E-state index is 12.2. The largest absolute Gasteiger partial charge is 0.339 e. The summed E-state index contributed by atoms with van der Waals surface area (Å²) in [5.41, 5.74) is 9.13. The normalized spacial score (nSPS) is 10.9. The second-order valence-electron chi connectivity index (χ2n) is 6.48. The van der Waals surface area contributed by atoms with E-state index in [-0.39, 0.29) is 0 Å². The van der Waals surface area contributed by atoms with Crippen LogP contribution in [0.25, 0.3) is 21.6 Å². The molecule has 4 aromatic rings. The highest BCUT2D eigenvalue weighted by Crippen LogP contribution is 2.27. The molecular formula is C19H18BrN7OS. The molecule has 0 atom stereocenters. The minimum Gasteiger partial charge on any atom is -0.290 e. The number of rotatable bonds is 4. The smallest absolute Gasteiger partial charge is 0.290 e. The Morgan fingerprint density at radius 2 is 1.90 bits per heavy atom. The maximum atomic E-state index is 12.2. The number of nitrogens with one attached hydrogen (secondary N) is 3. The number of pyridine rings is 1. The van der Waals surface area contributed by atoms with E-state index < -0.39 is 6.03 Å². The number of amides is 2. The average Bonchev–Trinajstić information content (AvgIpc) is 3.25. The van der Waals surface area contributed by atoms with E-state index in [1.165, 1.54) is 11.3 Å². The van der Waals surface area contributed by atoms with E-state index in [0.29, 0.717) is 11.6 Å².